The van der Waals surface area contributed by atoms with Crippen molar-refractivity contribution in [1.29, 1.82) is 0 Å². The lowest BCUT2D eigenvalue weighted by Gasteiger charge is -2.19. The molecule has 1 amide bonds. The first kappa shape index (κ1) is 18.9. The van der Waals surface area contributed by atoms with Crippen molar-refractivity contribution in [1.82, 2.24) is 4.90 Å². The van der Waals surface area contributed by atoms with Gasteiger partial charge in [-0.25, -0.2) is 0 Å². The Bertz CT molecular complexity index is 723. The van der Waals surface area contributed by atoms with Crippen LogP contribution in [0.3, 0.4) is 0 Å². The molecule has 0 aromatic heterocycles. The number of nitrogens with zero attached hydrogens (tertiary/aromatic N) is 1. The predicted molar refractivity (Wildman–Crippen MR) is 97.7 cm³/mol. The number of rotatable bonds is 7. The Hall–Kier alpha value is -2.40. The second-order valence-electron chi connectivity index (χ2n) is 5.55. The molecule has 0 N–H and O–H groups in total. The standard InChI is InChI=1S/C19H22ClNO4/c1-21(12-14-7-5-6-8-15(14)20)18(22)11-13-9-16(23-2)19(25-4)17(10-13)24-3/h5-10H,11-12H2,1-4H3. The molecule has 25 heavy (non-hydrogen) atoms. The van der Waals surface area contributed by atoms with Gasteiger partial charge in [0.25, 0.3) is 0 Å². The number of carbonyl (C=O) groups excluding carboxylic acids is 1. The van der Waals surface area contributed by atoms with E-state index in [-0.39, 0.29) is 12.3 Å². The fourth-order valence-corrected chi connectivity index (χ4v) is 2.71. The molecule has 0 saturated carbocycles. The lowest BCUT2D eigenvalue weighted by molar-refractivity contribution is -0.129. The highest BCUT2D eigenvalue weighted by Gasteiger charge is 2.17. The van der Waals surface area contributed by atoms with Gasteiger partial charge < -0.3 is 19.1 Å². The van der Waals surface area contributed by atoms with Gasteiger partial charge in [-0.2, -0.15) is 0 Å². The van der Waals surface area contributed by atoms with Gasteiger partial charge in [-0.3, -0.25) is 4.79 Å². The molecule has 134 valence electrons. The van der Waals surface area contributed by atoms with Crippen LogP contribution in [0.15, 0.2) is 36.4 Å². The molecule has 0 aliphatic carbocycles. The van der Waals surface area contributed by atoms with Gasteiger partial charge >= 0.3 is 0 Å². The molecule has 2 aromatic rings. The average molecular weight is 364 g/mol. The fraction of sp³-hybridized carbons (Fsp3) is 0.316. The number of ether oxygens (including phenoxy) is 3. The first-order chi connectivity index (χ1) is 12.0. The van der Waals surface area contributed by atoms with Crippen LogP contribution in [0.1, 0.15) is 11.1 Å². The Morgan fingerprint density at radius 2 is 1.64 bits per heavy atom. The first-order valence-electron chi connectivity index (χ1n) is 7.76. The van der Waals surface area contributed by atoms with Crippen LogP contribution in [0.25, 0.3) is 0 Å². The zero-order valence-corrected chi connectivity index (χ0v) is 15.6. The summed E-state index contributed by atoms with van der Waals surface area (Å²) in [7, 11) is 6.39. The number of hydrogen-bond donors (Lipinski definition) is 0. The normalized spacial score (nSPS) is 10.3. The summed E-state index contributed by atoms with van der Waals surface area (Å²) >= 11 is 6.16. The van der Waals surface area contributed by atoms with Gasteiger partial charge in [0.2, 0.25) is 11.7 Å². The third-order valence-electron chi connectivity index (χ3n) is 3.87. The van der Waals surface area contributed by atoms with Crippen LogP contribution in [0, 0.1) is 0 Å². The quantitative estimate of drug-likeness (QED) is 0.754. The van der Waals surface area contributed by atoms with E-state index in [1.807, 2.05) is 24.3 Å². The molecule has 0 spiro atoms. The van der Waals surface area contributed by atoms with Crippen LogP contribution in [0.4, 0.5) is 0 Å². The summed E-state index contributed by atoms with van der Waals surface area (Å²) in [6.07, 6.45) is 0.220. The predicted octanol–water partition coefficient (Wildman–Crippen LogP) is 3.57. The number of benzene rings is 2. The van der Waals surface area contributed by atoms with Crippen molar-refractivity contribution in [3.63, 3.8) is 0 Å². The number of likely N-dealkylation sites (N-methyl/N-ethyl adjacent to an activating group) is 1. The maximum absolute atomic E-state index is 12.6. The topological polar surface area (TPSA) is 48.0 Å². The summed E-state index contributed by atoms with van der Waals surface area (Å²) in [5.74, 6) is 1.52. The molecule has 0 aliphatic rings. The molecule has 0 unspecified atom stereocenters. The van der Waals surface area contributed by atoms with Crippen molar-refractivity contribution in [3.05, 3.63) is 52.5 Å². The van der Waals surface area contributed by atoms with E-state index in [0.717, 1.165) is 11.1 Å². The molecule has 0 aliphatic heterocycles. The van der Waals surface area contributed by atoms with Gasteiger partial charge in [0.1, 0.15) is 0 Å². The third-order valence-corrected chi connectivity index (χ3v) is 4.24. The molecule has 0 radical (unpaired) electrons. The van der Waals surface area contributed by atoms with E-state index in [1.54, 1.807) is 45.4 Å². The highest BCUT2D eigenvalue weighted by Crippen LogP contribution is 2.38. The summed E-state index contributed by atoms with van der Waals surface area (Å²) in [6, 6.07) is 11.0. The van der Waals surface area contributed by atoms with E-state index < -0.39 is 0 Å². The molecule has 0 bridgehead atoms. The van der Waals surface area contributed by atoms with Crippen molar-refractivity contribution in [2.45, 2.75) is 13.0 Å². The number of methoxy groups -OCH3 is 3. The summed E-state index contributed by atoms with van der Waals surface area (Å²) in [5.41, 5.74) is 1.69. The molecular formula is C19H22ClNO4. The minimum absolute atomic E-state index is 0.0332. The Morgan fingerprint density at radius 3 is 2.16 bits per heavy atom. The highest BCUT2D eigenvalue weighted by molar-refractivity contribution is 6.31. The Kier molecular flexibility index (Phi) is 6.53. The Balaban J connectivity index is 2.15. The minimum Gasteiger partial charge on any atom is -0.493 e. The van der Waals surface area contributed by atoms with Crippen LogP contribution in [0.5, 0.6) is 17.2 Å². The monoisotopic (exact) mass is 363 g/mol. The van der Waals surface area contributed by atoms with Crippen molar-refractivity contribution in [2.24, 2.45) is 0 Å². The summed E-state index contributed by atoms with van der Waals surface area (Å²) in [5, 5.41) is 0.648. The highest BCUT2D eigenvalue weighted by atomic mass is 35.5. The lowest BCUT2D eigenvalue weighted by atomic mass is 10.1. The van der Waals surface area contributed by atoms with E-state index in [1.165, 1.54) is 0 Å². The van der Waals surface area contributed by atoms with Crippen LogP contribution in [0.2, 0.25) is 5.02 Å². The van der Waals surface area contributed by atoms with E-state index >= 15 is 0 Å². The summed E-state index contributed by atoms with van der Waals surface area (Å²) in [6.45, 7) is 0.447. The fourth-order valence-electron chi connectivity index (χ4n) is 2.52. The molecule has 2 rings (SSSR count). The van der Waals surface area contributed by atoms with Crippen LogP contribution >= 0.6 is 11.6 Å². The van der Waals surface area contributed by atoms with Gasteiger partial charge in [0, 0.05) is 18.6 Å². The van der Waals surface area contributed by atoms with Gasteiger partial charge in [-0.05, 0) is 29.3 Å². The third kappa shape index (κ3) is 4.57. The Morgan fingerprint density at radius 1 is 1.04 bits per heavy atom. The molecular weight excluding hydrogens is 342 g/mol. The average Bonchev–Trinajstić information content (AvgIpc) is 2.62. The zero-order chi connectivity index (χ0) is 18.4. The summed E-state index contributed by atoms with van der Waals surface area (Å²) < 4.78 is 15.9. The molecule has 0 heterocycles. The number of carbonyl (C=O) groups is 1. The minimum atomic E-state index is -0.0332. The zero-order valence-electron chi connectivity index (χ0n) is 14.8. The van der Waals surface area contributed by atoms with E-state index in [4.69, 9.17) is 25.8 Å². The smallest absolute Gasteiger partial charge is 0.227 e. The van der Waals surface area contributed by atoms with E-state index in [2.05, 4.69) is 0 Å². The van der Waals surface area contributed by atoms with Gasteiger partial charge in [0.15, 0.2) is 11.5 Å². The first-order valence-corrected chi connectivity index (χ1v) is 8.14. The van der Waals surface area contributed by atoms with Crippen LogP contribution < -0.4 is 14.2 Å². The van der Waals surface area contributed by atoms with E-state index in [9.17, 15) is 4.79 Å². The number of hydrogen-bond acceptors (Lipinski definition) is 4. The van der Waals surface area contributed by atoms with Gasteiger partial charge in [-0.15, -0.1) is 0 Å². The SMILES string of the molecule is COc1cc(CC(=O)N(C)Cc2ccccc2Cl)cc(OC)c1OC. The second kappa shape index (κ2) is 8.62. The molecule has 6 heteroatoms. The maximum Gasteiger partial charge on any atom is 0.227 e. The lowest BCUT2D eigenvalue weighted by Crippen LogP contribution is -2.27. The number of halogens is 1. The number of amides is 1. The largest absolute Gasteiger partial charge is 0.493 e. The molecule has 0 saturated heterocycles. The van der Waals surface area contributed by atoms with Crippen molar-refractivity contribution < 1.29 is 19.0 Å². The van der Waals surface area contributed by atoms with Gasteiger partial charge in [-0.1, -0.05) is 29.8 Å². The maximum atomic E-state index is 12.6. The second-order valence-corrected chi connectivity index (χ2v) is 5.96. The Labute approximate surface area is 153 Å². The molecule has 2 aromatic carbocycles. The van der Waals surface area contributed by atoms with Crippen molar-refractivity contribution in [3.8, 4) is 17.2 Å². The van der Waals surface area contributed by atoms with Crippen LogP contribution in [-0.4, -0.2) is 39.2 Å². The van der Waals surface area contributed by atoms with Crippen molar-refractivity contribution in [2.75, 3.05) is 28.4 Å². The van der Waals surface area contributed by atoms with Crippen molar-refractivity contribution >= 4 is 17.5 Å². The van der Waals surface area contributed by atoms with E-state index in [0.29, 0.717) is 28.8 Å². The van der Waals surface area contributed by atoms with Crippen LogP contribution in [-0.2, 0) is 17.8 Å². The molecule has 0 atom stereocenters. The van der Waals surface area contributed by atoms with Gasteiger partial charge in [0.05, 0.1) is 27.8 Å². The molecule has 0 fully saturated rings. The summed E-state index contributed by atoms with van der Waals surface area (Å²) in [4.78, 5) is 14.2. The molecule has 5 nitrogen and oxygen atoms in total.